The van der Waals surface area contributed by atoms with E-state index in [2.05, 4.69) is 31.0 Å². The van der Waals surface area contributed by atoms with E-state index in [1.807, 2.05) is 0 Å². The zero-order valence-corrected chi connectivity index (χ0v) is 14.5. The van der Waals surface area contributed by atoms with Gasteiger partial charge in [-0.15, -0.1) is 0 Å². The molecule has 122 valence electrons. The summed E-state index contributed by atoms with van der Waals surface area (Å²) in [4.78, 5) is 2.77. The molecule has 2 aliphatic carbocycles. The lowest BCUT2D eigenvalue weighted by atomic mass is 9.78. The summed E-state index contributed by atoms with van der Waals surface area (Å²) in [5.41, 5.74) is 0.318. The minimum Gasteiger partial charge on any atom is -0.312 e. The second kappa shape index (κ2) is 6.58. The minimum atomic E-state index is 0.318. The van der Waals surface area contributed by atoms with Crippen LogP contribution in [0.1, 0.15) is 72.1 Å². The van der Waals surface area contributed by atoms with Gasteiger partial charge in [-0.2, -0.15) is 0 Å². The highest BCUT2D eigenvalue weighted by Crippen LogP contribution is 2.50. The van der Waals surface area contributed by atoms with Crippen molar-refractivity contribution >= 4 is 0 Å². The van der Waals surface area contributed by atoms with Crippen LogP contribution < -0.4 is 5.32 Å². The molecule has 2 saturated carbocycles. The SMILES string of the molecule is CCNC(CC1CC2CCC1C2)C(C)(C)N1CCCCC1. The first-order valence-electron chi connectivity index (χ1n) is 9.59. The highest BCUT2D eigenvalue weighted by molar-refractivity contribution is 4.99. The molecule has 2 bridgehead atoms. The van der Waals surface area contributed by atoms with E-state index >= 15 is 0 Å². The van der Waals surface area contributed by atoms with E-state index in [-0.39, 0.29) is 0 Å². The quantitative estimate of drug-likeness (QED) is 0.794. The van der Waals surface area contributed by atoms with Gasteiger partial charge in [-0.25, -0.2) is 0 Å². The zero-order valence-electron chi connectivity index (χ0n) is 14.5. The van der Waals surface area contributed by atoms with Crippen LogP contribution in [0, 0.1) is 17.8 Å². The summed E-state index contributed by atoms with van der Waals surface area (Å²) in [7, 11) is 0. The Kier molecular flexibility index (Phi) is 4.95. The van der Waals surface area contributed by atoms with E-state index in [1.54, 1.807) is 6.42 Å². The molecule has 3 rings (SSSR count). The first-order chi connectivity index (χ1) is 10.1. The van der Waals surface area contributed by atoms with E-state index < -0.39 is 0 Å². The molecule has 3 aliphatic rings. The van der Waals surface area contributed by atoms with Gasteiger partial charge in [0.05, 0.1) is 0 Å². The monoisotopic (exact) mass is 292 g/mol. The maximum atomic E-state index is 3.86. The third-order valence-electron chi connectivity index (χ3n) is 6.90. The van der Waals surface area contributed by atoms with Gasteiger partial charge in [-0.3, -0.25) is 4.90 Å². The normalized spacial score (nSPS) is 35.3. The van der Waals surface area contributed by atoms with Crippen molar-refractivity contribution in [3.8, 4) is 0 Å². The molecule has 1 N–H and O–H groups in total. The van der Waals surface area contributed by atoms with E-state index in [1.165, 1.54) is 58.0 Å². The van der Waals surface area contributed by atoms with Gasteiger partial charge in [0, 0.05) is 11.6 Å². The summed E-state index contributed by atoms with van der Waals surface area (Å²) in [5.74, 6) is 3.16. The number of nitrogens with zero attached hydrogens (tertiary/aromatic N) is 1. The van der Waals surface area contributed by atoms with Crippen LogP contribution in [0.2, 0.25) is 0 Å². The van der Waals surface area contributed by atoms with E-state index in [0.717, 1.165) is 24.3 Å². The Balaban J connectivity index is 1.64. The standard InChI is InChI=1S/C19H36N2/c1-4-20-18(14-17-13-15-8-9-16(17)12-15)19(2,3)21-10-6-5-7-11-21/h15-18,20H,4-14H2,1-3H3. The van der Waals surface area contributed by atoms with Gasteiger partial charge in [0.15, 0.2) is 0 Å². The molecule has 3 fully saturated rings. The number of nitrogens with one attached hydrogen (secondary N) is 1. The molecule has 21 heavy (non-hydrogen) atoms. The molecule has 1 aliphatic heterocycles. The summed E-state index contributed by atoms with van der Waals surface area (Å²) >= 11 is 0. The van der Waals surface area contributed by atoms with E-state index in [0.29, 0.717) is 11.6 Å². The number of hydrogen-bond donors (Lipinski definition) is 1. The largest absolute Gasteiger partial charge is 0.312 e. The van der Waals surface area contributed by atoms with Crippen molar-refractivity contribution in [1.29, 1.82) is 0 Å². The molecular formula is C19H36N2. The summed E-state index contributed by atoms with van der Waals surface area (Å²) < 4.78 is 0. The molecule has 0 radical (unpaired) electrons. The van der Waals surface area contributed by atoms with Gasteiger partial charge in [0.2, 0.25) is 0 Å². The molecule has 1 saturated heterocycles. The Morgan fingerprint density at radius 1 is 1.10 bits per heavy atom. The van der Waals surface area contributed by atoms with Crippen molar-refractivity contribution in [2.75, 3.05) is 19.6 Å². The van der Waals surface area contributed by atoms with Crippen molar-refractivity contribution in [3.05, 3.63) is 0 Å². The number of likely N-dealkylation sites (N-methyl/N-ethyl adjacent to an activating group) is 1. The van der Waals surface area contributed by atoms with Gasteiger partial charge >= 0.3 is 0 Å². The fourth-order valence-corrected chi connectivity index (χ4v) is 5.53. The molecular weight excluding hydrogens is 256 g/mol. The molecule has 4 atom stereocenters. The molecule has 0 spiro atoms. The molecule has 2 heteroatoms. The highest BCUT2D eigenvalue weighted by Gasteiger charge is 2.43. The van der Waals surface area contributed by atoms with Crippen molar-refractivity contribution < 1.29 is 0 Å². The number of fused-ring (bicyclic) bond motifs is 2. The lowest BCUT2D eigenvalue weighted by Gasteiger charge is -2.47. The van der Waals surface area contributed by atoms with Crippen LogP contribution in [0.15, 0.2) is 0 Å². The summed E-state index contributed by atoms with van der Waals surface area (Å²) in [6.45, 7) is 11.0. The Labute approximate surface area is 132 Å². The topological polar surface area (TPSA) is 15.3 Å². The molecule has 2 nitrogen and oxygen atoms in total. The van der Waals surface area contributed by atoms with Crippen LogP contribution in [0.4, 0.5) is 0 Å². The van der Waals surface area contributed by atoms with Gasteiger partial charge in [-0.1, -0.05) is 19.8 Å². The Morgan fingerprint density at radius 2 is 1.86 bits per heavy atom. The van der Waals surface area contributed by atoms with Crippen molar-refractivity contribution in [3.63, 3.8) is 0 Å². The second-order valence-corrected chi connectivity index (χ2v) is 8.48. The fourth-order valence-electron chi connectivity index (χ4n) is 5.53. The highest BCUT2D eigenvalue weighted by atomic mass is 15.2. The second-order valence-electron chi connectivity index (χ2n) is 8.48. The zero-order chi connectivity index (χ0) is 14.9. The summed E-state index contributed by atoms with van der Waals surface area (Å²) in [5, 5.41) is 3.86. The van der Waals surface area contributed by atoms with Crippen LogP contribution >= 0.6 is 0 Å². The smallest absolute Gasteiger partial charge is 0.0306 e. The van der Waals surface area contributed by atoms with Crippen molar-refractivity contribution in [2.45, 2.75) is 83.7 Å². The molecule has 0 aromatic heterocycles. The number of likely N-dealkylation sites (tertiary alicyclic amines) is 1. The predicted octanol–water partition coefficient (Wildman–Crippen LogP) is 4.06. The van der Waals surface area contributed by atoms with Gasteiger partial charge in [-0.05, 0) is 89.8 Å². The van der Waals surface area contributed by atoms with Gasteiger partial charge < -0.3 is 5.32 Å². The third-order valence-corrected chi connectivity index (χ3v) is 6.90. The average molecular weight is 293 g/mol. The lowest BCUT2D eigenvalue weighted by molar-refractivity contribution is 0.0492. The van der Waals surface area contributed by atoms with E-state index in [4.69, 9.17) is 0 Å². The summed E-state index contributed by atoms with van der Waals surface area (Å²) in [6, 6.07) is 0.671. The Hall–Kier alpha value is -0.0800. The van der Waals surface area contributed by atoms with E-state index in [9.17, 15) is 0 Å². The fraction of sp³-hybridized carbons (Fsp3) is 1.00. The third kappa shape index (κ3) is 3.32. The Morgan fingerprint density at radius 3 is 2.43 bits per heavy atom. The lowest BCUT2D eigenvalue weighted by Crippen LogP contribution is -2.59. The maximum absolute atomic E-state index is 3.86. The van der Waals surface area contributed by atoms with Crippen molar-refractivity contribution in [1.82, 2.24) is 10.2 Å². The predicted molar refractivity (Wildman–Crippen MR) is 90.5 cm³/mol. The van der Waals surface area contributed by atoms with Gasteiger partial charge in [0.1, 0.15) is 0 Å². The first kappa shape index (κ1) is 15.8. The van der Waals surface area contributed by atoms with Gasteiger partial charge in [0.25, 0.3) is 0 Å². The van der Waals surface area contributed by atoms with Crippen LogP contribution in [-0.2, 0) is 0 Å². The number of piperidine rings is 1. The molecule has 0 aromatic carbocycles. The van der Waals surface area contributed by atoms with Crippen LogP contribution in [0.5, 0.6) is 0 Å². The molecule has 4 unspecified atom stereocenters. The molecule has 0 amide bonds. The number of hydrogen-bond acceptors (Lipinski definition) is 2. The molecule has 0 aromatic rings. The molecule has 1 heterocycles. The van der Waals surface area contributed by atoms with Crippen LogP contribution in [0.25, 0.3) is 0 Å². The van der Waals surface area contributed by atoms with Crippen molar-refractivity contribution in [2.24, 2.45) is 17.8 Å². The number of rotatable bonds is 6. The average Bonchev–Trinajstić information content (AvgIpc) is 3.10. The maximum Gasteiger partial charge on any atom is 0.0306 e. The van der Waals surface area contributed by atoms with Crippen LogP contribution in [-0.4, -0.2) is 36.1 Å². The summed E-state index contributed by atoms with van der Waals surface area (Å²) in [6.07, 6.45) is 11.8. The minimum absolute atomic E-state index is 0.318. The Bertz CT molecular complexity index is 332. The van der Waals surface area contributed by atoms with Crippen LogP contribution in [0.3, 0.4) is 0 Å². The first-order valence-corrected chi connectivity index (χ1v) is 9.59.